The molecule has 0 bridgehead atoms. The lowest BCUT2D eigenvalue weighted by Crippen LogP contribution is -2.46. The first-order chi connectivity index (χ1) is 16.2. The lowest BCUT2D eigenvalue weighted by molar-refractivity contribution is -0.134. The lowest BCUT2D eigenvalue weighted by atomic mass is 9.70. The number of carbonyl (C=O) groups is 1. The SMILES string of the molecule is CC1=NN(C2CCCCC2)C(=O)[C@@]12C(c1ccccc1)=C(c1ccccc1)c1ccccc12. The van der Waals surface area contributed by atoms with Crippen LogP contribution in [0.4, 0.5) is 0 Å². The second kappa shape index (κ2) is 7.84. The van der Waals surface area contributed by atoms with Gasteiger partial charge in [0.25, 0.3) is 5.91 Å². The molecule has 2 aliphatic carbocycles. The van der Waals surface area contributed by atoms with Gasteiger partial charge in [0.05, 0.1) is 11.8 Å². The highest BCUT2D eigenvalue weighted by Crippen LogP contribution is 2.57. The molecule has 0 radical (unpaired) electrons. The molecule has 164 valence electrons. The highest BCUT2D eigenvalue weighted by Gasteiger charge is 2.59. The van der Waals surface area contributed by atoms with E-state index in [0.717, 1.165) is 52.0 Å². The molecule has 1 fully saturated rings. The minimum absolute atomic E-state index is 0.115. The molecule has 33 heavy (non-hydrogen) atoms. The van der Waals surface area contributed by atoms with E-state index >= 15 is 0 Å². The van der Waals surface area contributed by atoms with E-state index in [1.165, 1.54) is 19.3 Å². The van der Waals surface area contributed by atoms with Gasteiger partial charge in [-0.05, 0) is 53.2 Å². The molecule has 1 atom stereocenters. The normalized spacial score (nSPS) is 22.8. The number of carbonyl (C=O) groups excluding carboxylic acids is 1. The number of hydrogen-bond donors (Lipinski definition) is 0. The summed E-state index contributed by atoms with van der Waals surface area (Å²) in [4.78, 5) is 14.5. The lowest BCUT2D eigenvalue weighted by Gasteiger charge is -2.33. The summed E-state index contributed by atoms with van der Waals surface area (Å²) in [6.45, 7) is 2.05. The van der Waals surface area contributed by atoms with E-state index in [2.05, 4.69) is 72.8 Å². The van der Waals surface area contributed by atoms with Crippen molar-refractivity contribution in [1.29, 1.82) is 0 Å². The Hall–Kier alpha value is -3.46. The van der Waals surface area contributed by atoms with E-state index in [1.807, 2.05) is 24.1 Å². The summed E-state index contributed by atoms with van der Waals surface area (Å²) in [6, 6.07) is 29.6. The van der Waals surface area contributed by atoms with Gasteiger partial charge in [0.2, 0.25) is 0 Å². The van der Waals surface area contributed by atoms with Crippen LogP contribution in [-0.4, -0.2) is 22.7 Å². The monoisotopic (exact) mass is 432 g/mol. The zero-order chi connectivity index (χ0) is 22.4. The van der Waals surface area contributed by atoms with Crippen molar-refractivity contribution in [3.8, 4) is 0 Å². The molecule has 1 amide bonds. The van der Waals surface area contributed by atoms with Crippen LogP contribution in [0.1, 0.15) is 61.3 Å². The van der Waals surface area contributed by atoms with E-state index in [4.69, 9.17) is 5.10 Å². The van der Waals surface area contributed by atoms with Crippen molar-refractivity contribution >= 4 is 22.8 Å². The first-order valence-electron chi connectivity index (χ1n) is 12.1. The molecule has 1 aliphatic heterocycles. The summed E-state index contributed by atoms with van der Waals surface area (Å²) in [7, 11) is 0. The predicted octanol–water partition coefficient (Wildman–Crippen LogP) is 6.45. The summed E-state index contributed by atoms with van der Waals surface area (Å²) in [5.74, 6) is 0.115. The molecule has 1 heterocycles. The zero-order valence-corrected chi connectivity index (χ0v) is 19.0. The number of rotatable bonds is 3. The van der Waals surface area contributed by atoms with Gasteiger partial charge in [-0.3, -0.25) is 4.79 Å². The average Bonchev–Trinajstić information content (AvgIpc) is 3.34. The fourth-order valence-electron chi connectivity index (χ4n) is 6.13. The van der Waals surface area contributed by atoms with Gasteiger partial charge in [-0.25, -0.2) is 5.01 Å². The van der Waals surface area contributed by atoms with E-state index < -0.39 is 5.41 Å². The largest absolute Gasteiger partial charge is 0.271 e. The van der Waals surface area contributed by atoms with E-state index in [9.17, 15) is 4.79 Å². The van der Waals surface area contributed by atoms with Gasteiger partial charge in [0.15, 0.2) is 0 Å². The maximum Gasteiger partial charge on any atom is 0.263 e. The summed E-state index contributed by atoms with van der Waals surface area (Å²) >= 11 is 0. The van der Waals surface area contributed by atoms with Crippen LogP contribution >= 0.6 is 0 Å². The molecular weight excluding hydrogens is 404 g/mol. The van der Waals surface area contributed by atoms with Crippen LogP contribution in [0.25, 0.3) is 11.1 Å². The molecular formula is C30H28N2O. The molecule has 0 saturated heterocycles. The molecule has 1 saturated carbocycles. The van der Waals surface area contributed by atoms with Gasteiger partial charge >= 0.3 is 0 Å². The van der Waals surface area contributed by atoms with Crippen molar-refractivity contribution in [3.63, 3.8) is 0 Å². The fourth-order valence-corrected chi connectivity index (χ4v) is 6.13. The fraction of sp³-hybridized carbons (Fsp3) is 0.267. The Kier molecular flexibility index (Phi) is 4.79. The van der Waals surface area contributed by atoms with E-state index in [1.54, 1.807) is 0 Å². The van der Waals surface area contributed by atoms with Crippen LogP contribution < -0.4 is 0 Å². The van der Waals surface area contributed by atoms with Gasteiger partial charge in [-0.2, -0.15) is 5.10 Å². The first kappa shape index (κ1) is 20.2. The number of amides is 1. The van der Waals surface area contributed by atoms with Crippen LogP contribution in [0, 0.1) is 0 Å². The summed E-state index contributed by atoms with van der Waals surface area (Å²) < 4.78 is 0. The summed E-state index contributed by atoms with van der Waals surface area (Å²) in [6.07, 6.45) is 5.67. The Labute approximate surface area is 195 Å². The highest BCUT2D eigenvalue weighted by atomic mass is 16.2. The Morgan fingerprint density at radius 2 is 1.39 bits per heavy atom. The minimum atomic E-state index is -0.874. The summed E-state index contributed by atoms with van der Waals surface area (Å²) in [5, 5.41) is 6.85. The molecule has 3 nitrogen and oxygen atoms in total. The highest BCUT2D eigenvalue weighted by molar-refractivity contribution is 6.32. The third-order valence-electron chi connectivity index (χ3n) is 7.60. The first-order valence-corrected chi connectivity index (χ1v) is 12.1. The zero-order valence-electron chi connectivity index (χ0n) is 19.0. The minimum Gasteiger partial charge on any atom is -0.271 e. The van der Waals surface area contributed by atoms with Crippen molar-refractivity contribution in [2.24, 2.45) is 5.10 Å². The maximum absolute atomic E-state index is 14.5. The Morgan fingerprint density at radius 3 is 2.09 bits per heavy atom. The Bertz CT molecular complexity index is 1270. The standard InChI is InChI=1S/C30H28N2O/c1-21-30(29(33)32(31-21)24-17-9-4-10-18-24)26-20-12-11-19-25(26)27(22-13-5-2-6-14-22)28(30)23-15-7-3-8-16-23/h2-3,5-8,11-16,19-20,24H,4,9-10,17-18H2,1H3/t30-/m0/s1. The smallest absolute Gasteiger partial charge is 0.263 e. The maximum atomic E-state index is 14.5. The van der Waals surface area contributed by atoms with E-state index in [0.29, 0.717) is 0 Å². The van der Waals surface area contributed by atoms with E-state index in [-0.39, 0.29) is 11.9 Å². The Balaban J connectivity index is 1.65. The van der Waals surface area contributed by atoms with Gasteiger partial charge in [0, 0.05) is 0 Å². The predicted molar refractivity (Wildman–Crippen MR) is 134 cm³/mol. The molecule has 1 spiro atoms. The molecule has 3 aliphatic rings. The van der Waals surface area contributed by atoms with Crippen LogP contribution in [0.2, 0.25) is 0 Å². The molecule has 3 heteroatoms. The van der Waals surface area contributed by atoms with Crippen LogP contribution in [0.15, 0.2) is 90.0 Å². The number of fused-ring (bicyclic) bond motifs is 2. The quantitative estimate of drug-likeness (QED) is 0.468. The second-order valence-electron chi connectivity index (χ2n) is 9.40. The van der Waals surface area contributed by atoms with Crippen LogP contribution in [-0.2, 0) is 10.2 Å². The number of benzene rings is 3. The summed E-state index contributed by atoms with van der Waals surface area (Å²) in [5.41, 5.74) is 6.64. The van der Waals surface area contributed by atoms with Crippen molar-refractivity contribution in [2.75, 3.05) is 0 Å². The molecule has 3 aromatic carbocycles. The molecule has 3 aromatic rings. The van der Waals surface area contributed by atoms with Gasteiger partial charge in [0.1, 0.15) is 5.41 Å². The van der Waals surface area contributed by atoms with Gasteiger partial charge in [-0.1, -0.05) is 104 Å². The Morgan fingerprint density at radius 1 is 0.788 bits per heavy atom. The average molecular weight is 433 g/mol. The van der Waals surface area contributed by atoms with Crippen LogP contribution in [0.3, 0.4) is 0 Å². The van der Waals surface area contributed by atoms with Gasteiger partial charge in [-0.15, -0.1) is 0 Å². The number of hydrazone groups is 1. The molecule has 6 rings (SSSR count). The number of hydrogen-bond acceptors (Lipinski definition) is 2. The third kappa shape index (κ3) is 2.88. The molecule has 0 unspecified atom stereocenters. The topological polar surface area (TPSA) is 32.7 Å². The molecule has 0 aromatic heterocycles. The number of nitrogens with zero attached hydrogens (tertiary/aromatic N) is 2. The molecule has 0 N–H and O–H groups in total. The van der Waals surface area contributed by atoms with Crippen LogP contribution in [0.5, 0.6) is 0 Å². The van der Waals surface area contributed by atoms with Crippen molar-refractivity contribution in [1.82, 2.24) is 5.01 Å². The van der Waals surface area contributed by atoms with Crippen molar-refractivity contribution < 1.29 is 4.79 Å². The van der Waals surface area contributed by atoms with Crippen molar-refractivity contribution in [2.45, 2.75) is 50.5 Å². The second-order valence-corrected chi connectivity index (χ2v) is 9.40. The van der Waals surface area contributed by atoms with Crippen molar-refractivity contribution in [3.05, 3.63) is 107 Å². The third-order valence-corrected chi connectivity index (χ3v) is 7.60. The van der Waals surface area contributed by atoms with Gasteiger partial charge < -0.3 is 0 Å².